The van der Waals surface area contributed by atoms with Crippen molar-refractivity contribution in [2.75, 3.05) is 23.9 Å². The van der Waals surface area contributed by atoms with Gasteiger partial charge in [-0.3, -0.25) is 14.2 Å². The Morgan fingerprint density at radius 2 is 2.08 bits per heavy atom. The monoisotopic (exact) mass is 575 g/mol. The Labute approximate surface area is 236 Å². The standard InChI is InChI=1S/C29H29N5O2S3/c1-2-14-34(39(35,36)27-12-7-16-37-27)26-11-5-8-21-17-25(32-28(21)26)29-31-18-23(38-29)20-33-15-6-9-22(19-33)24-10-3-4-13-30-24/h2-5,7-8,10-13,16-18,22,32H,1,6,9,14-15,19-20H2. The highest BCUT2D eigenvalue weighted by Crippen LogP contribution is 2.36. The lowest BCUT2D eigenvalue weighted by Gasteiger charge is -2.32. The van der Waals surface area contributed by atoms with Crippen molar-refractivity contribution in [2.24, 2.45) is 0 Å². The van der Waals surface area contributed by atoms with Crippen LogP contribution in [0.4, 0.5) is 5.69 Å². The molecular weight excluding hydrogens is 547 g/mol. The van der Waals surface area contributed by atoms with E-state index in [4.69, 9.17) is 4.98 Å². The van der Waals surface area contributed by atoms with Gasteiger partial charge in [0.1, 0.15) is 9.22 Å². The van der Waals surface area contributed by atoms with Crippen molar-refractivity contribution < 1.29 is 8.42 Å². The molecule has 5 heterocycles. The molecule has 10 heteroatoms. The highest BCUT2D eigenvalue weighted by atomic mass is 32.2. The van der Waals surface area contributed by atoms with Gasteiger partial charge in [-0.25, -0.2) is 13.4 Å². The van der Waals surface area contributed by atoms with E-state index in [0.29, 0.717) is 15.8 Å². The Bertz CT molecular complexity index is 1680. The van der Waals surface area contributed by atoms with Crippen LogP contribution in [0.2, 0.25) is 0 Å². The normalized spacial score (nSPS) is 16.5. The number of thiazole rings is 1. The quantitative estimate of drug-likeness (QED) is 0.203. The maximum absolute atomic E-state index is 13.5. The summed E-state index contributed by atoms with van der Waals surface area (Å²) in [6.45, 7) is 6.90. The fourth-order valence-electron chi connectivity index (χ4n) is 5.21. The van der Waals surface area contributed by atoms with Gasteiger partial charge in [-0.2, -0.15) is 0 Å². The number of para-hydroxylation sites is 1. The molecule has 5 aromatic rings. The van der Waals surface area contributed by atoms with Gasteiger partial charge in [0, 0.05) is 47.4 Å². The van der Waals surface area contributed by atoms with Crippen LogP contribution in [-0.4, -0.2) is 47.9 Å². The number of aromatic amines is 1. The molecule has 1 fully saturated rings. The van der Waals surface area contributed by atoms with E-state index < -0.39 is 10.0 Å². The smallest absolute Gasteiger partial charge is 0.274 e. The molecule has 4 aromatic heterocycles. The number of anilines is 1. The van der Waals surface area contributed by atoms with Crippen LogP contribution in [0.3, 0.4) is 0 Å². The zero-order chi connectivity index (χ0) is 26.8. The first-order valence-corrected chi connectivity index (χ1v) is 16.0. The van der Waals surface area contributed by atoms with E-state index in [0.717, 1.165) is 47.7 Å². The van der Waals surface area contributed by atoms with E-state index in [9.17, 15) is 8.42 Å². The van der Waals surface area contributed by atoms with Gasteiger partial charge in [-0.1, -0.05) is 30.3 Å². The largest absolute Gasteiger partial charge is 0.351 e. The van der Waals surface area contributed by atoms with Crippen LogP contribution in [0, 0.1) is 0 Å². The summed E-state index contributed by atoms with van der Waals surface area (Å²) in [5.41, 5.74) is 3.41. The van der Waals surface area contributed by atoms with E-state index in [2.05, 4.69) is 33.6 Å². The van der Waals surface area contributed by atoms with Crippen molar-refractivity contribution >= 4 is 49.3 Å². The van der Waals surface area contributed by atoms with Gasteiger partial charge >= 0.3 is 0 Å². The number of aromatic nitrogens is 3. The number of hydrogen-bond donors (Lipinski definition) is 1. The summed E-state index contributed by atoms with van der Waals surface area (Å²) in [6, 6.07) is 17.3. The Morgan fingerprint density at radius 3 is 2.87 bits per heavy atom. The molecule has 0 bridgehead atoms. The number of likely N-dealkylation sites (tertiary alicyclic amines) is 1. The minimum atomic E-state index is -3.72. The van der Waals surface area contributed by atoms with Crippen molar-refractivity contribution in [3.63, 3.8) is 0 Å². The second-order valence-electron chi connectivity index (χ2n) is 9.64. The zero-order valence-corrected chi connectivity index (χ0v) is 23.8. The summed E-state index contributed by atoms with van der Waals surface area (Å²) in [5.74, 6) is 0.462. The highest BCUT2D eigenvalue weighted by molar-refractivity contribution is 7.94. The summed E-state index contributed by atoms with van der Waals surface area (Å²) in [6.07, 6.45) is 7.78. The molecule has 1 aromatic carbocycles. The average molecular weight is 576 g/mol. The first kappa shape index (κ1) is 25.9. The molecule has 6 rings (SSSR count). The lowest BCUT2D eigenvalue weighted by Crippen LogP contribution is -2.33. The molecule has 1 saturated heterocycles. The molecule has 1 unspecified atom stereocenters. The number of thiophene rings is 1. The predicted octanol–water partition coefficient (Wildman–Crippen LogP) is 6.51. The molecular formula is C29H29N5O2S3. The third kappa shape index (κ3) is 5.29. The summed E-state index contributed by atoms with van der Waals surface area (Å²) < 4.78 is 28.7. The Balaban J connectivity index is 1.25. The topological polar surface area (TPSA) is 82.2 Å². The van der Waals surface area contributed by atoms with Gasteiger partial charge in [0.2, 0.25) is 0 Å². The number of benzene rings is 1. The molecule has 0 spiro atoms. The molecule has 200 valence electrons. The fourth-order valence-corrected chi connectivity index (χ4v) is 8.69. The van der Waals surface area contributed by atoms with Crippen molar-refractivity contribution in [2.45, 2.75) is 29.5 Å². The second kappa shape index (κ2) is 11.1. The predicted molar refractivity (Wildman–Crippen MR) is 160 cm³/mol. The molecule has 0 saturated carbocycles. The number of piperidine rings is 1. The summed E-state index contributed by atoms with van der Waals surface area (Å²) in [7, 11) is -3.72. The number of rotatable bonds is 9. The summed E-state index contributed by atoms with van der Waals surface area (Å²) >= 11 is 2.89. The third-order valence-electron chi connectivity index (χ3n) is 7.01. The van der Waals surface area contributed by atoms with E-state index in [1.54, 1.807) is 34.9 Å². The lowest BCUT2D eigenvalue weighted by molar-refractivity contribution is 0.200. The Hall–Kier alpha value is -3.31. The third-order valence-corrected chi connectivity index (χ3v) is 11.2. The number of hydrogen-bond acceptors (Lipinski definition) is 7. The Kier molecular flexibility index (Phi) is 7.35. The van der Waals surface area contributed by atoms with Crippen LogP contribution in [-0.2, 0) is 16.6 Å². The molecule has 1 atom stereocenters. The zero-order valence-electron chi connectivity index (χ0n) is 21.4. The Morgan fingerprint density at radius 1 is 1.15 bits per heavy atom. The fraction of sp³-hybridized carbons (Fsp3) is 0.241. The highest BCUT2D eigenvalue weighted by Gasteiger charge is 2.27. The van der Waals surface area contributed by atoms with Gasteiger partial charge in [-0.15, -0.1) is 29.3 Å². The van der Waals surface area contributed by atoms with Gasteiger partial charge in [-0.05, 0) is 55.1 Å². The number of nitrogens with one attached hydrogen (secondary N) is 1. The number of sulfonamides is 1. The molecule has 0 amide bonds. The molecule has 7 nitrogen and oxygen atoms in total. The molecule has 1 aliphatic rings. The number of pyridine rings is 1. The SMILES string of the molecule is C=CCN(c1cccc2cc(-c3ncc(CN4CCCC(c5ccccn5)C4)s3)[nH]c12)S(=O)(=O)c1cccs1. The van der Waals surface area contributed by atoms with E-state index >= 15 is 0 Å². The van der Waals surface area contributed by atoms with Crippen molar-refractivity contribution in [1.29, 1.82) is 0 Å². The summed E-state index contributed by atoms with van der Waals surface area (Å²) in [5, 5.41) is 3.60. The minimum Gasteiger partial charge on any atom is -0.351 e. The number of H-pyrrole nitrogens is 1. The molecule has 0 aliphatic carbocycles. The van der Waals surface area contributed by atoms with E-state index in [1.165, 1.54) is 32.6 Å². The van der Waals surface area contributed by atoms with Crippen LogP contribution in [0.15, 0.2) is 89.2 Å². The first-order chi connectivity index (χ1) is 19.0. The number of fused-ring (bicyclic) bond motifs is 1. The van der Waals surface area contributed by atoms with Crippen molar-refractivity contribution in [1.82, 2.24) is 19.9 Å². The second-order valence-corrected chi connectivity index (χ2v) is 13.8. The average Bonchev–Trinajstić information content (AvgIpc) is 3.73. The van der Waals surface area contributed by atoms with Gasteiger partial charge in [0.15, 0.2) is 0 Å². The maximum atomic E-state index is 13.5. The van der Waals surface area contributed by atoms with Crippen molar-refractivity contribution in [3.8, 4) is 10.7 Å². The summed E-state index contributed by atoms with van der Waals surface area (Å²) in [4.78, 5) is 16.5. The lowest BCUT2D eigenvalue weighted by atomic mass is 9.94. The first-order valence-electron chi connectivity index (χ1n) is 12.9. The van der Waals surface area contributed by atoms with Crippen LogP contribution in [0.25, 0.3) is 21.6 Å². The van der Waals surface area contributed by atoms with Gasteiger partial charge in [0.05, 0.1) is 23.4 Å². The molecule has 39 heavy (non-hydrogen) atoms. The molecule has 0 radical (unpaired) electrons. The van der Waals surface area contributed by atoms with Crippen molar-refractivity contribution in [3.05, 3.63) is 95.6 Å². The van der Waals surface area contributed by atoms with E-state index in [-0.39, 0.29) is 6.54 Å². The van der Waals surface area contributed by atoms with Crippen LogP contribution < -0.4 is 4.31 Å². The van der Waals surface area contributed by atoms with E-state index in [1.807, 2.05) is 42.7 Å². The minimum absolute atomic E-state index is 0.171. The number of nitrogens with zero attached hydrogens (tertiary/aromatic N) is 4. The van der Waals surface area contributed by atoms with Gasteiger partial charge in [0.25, 0.3) is 10.0 Å². The molecule has 1 aliphatic heterocycles. The molecule has 1 N–H and O–H groups in total. The maximum Gasteiger partial charge on any atom is 0.274 e. The van der Waals surface area contributed by atoms with Crippen LogP contribution in [0.1, 0.15) is 29.3 Å². The van der Waals surface area contributed by atoms with Crippen LogP contribution >= 0.6 is 22.7 Å². The van der Waals surface area contributed by atoms with Crippen LogP contribution in [0.5, 0.6) is 0 Å². The van der Waals surface area contributed by atoms with Gasteiger partial charge < -0.3 is 4.98 Å².